The molecular formula is C23H19Cl2N3O2. The molecular weight excluding hydrogens is 421 g/mol. The van der Waals surface area contributed by atoms with Crippen molar-refractivity contribution < 1.29 is 9.53 Å². The first-order valence-electron chi connectivity index (χ1n) is 9.43. The van der Waals surface area contributed by atoms with E-state index in [2.05, 4.69) is 14.9 Å². The van der Waals surface area contributed by atoms with Crippen LogP contribution in [0.15, 0.2) is 72.8 Å². The standard InChI is InChI=1S/C23H19Cl2N3O2/c24-17-9-11-18(12-10-17)30-15-23(29)26-13-22-27-20-7-3-4-8-21(20)28(22)14-16-5-1-2-6-19(16)25/h1-12H,13-15H2,(H,26,29). The fourth-order valence-electron chi connectivity index (χ4n) is 3.14. The summed E-state index contributed by atoms with van der Waals surface area (Å²) in [6.07, 6.45) is 0. The topological polar surface area (TPSA) is 56.1 Å². The predicted molar refractivity (Wildman–Crippen MR) is 119 cm³/mol. The van der Waals surface area contributed by atoms with Crippen molar-refractivity contribution in [3.63, 3.8) is 0 Å². The second-order valence-electron chi connectivity index (χ2n) is 6.71. The molecule has 5 nitrogen and oxygen atoms in total. The van der Waals surface area contributed by atoms with Crippen molar-refractivity contribution in [2.24, 2.45) is 0 Å². The first kappa shape index (κ1) is 20.3. The Balaban J connectivity index is 1.47. The van der Waals surface area contributed by atoms with Crippen molar-refractivity contribution in [3.8, 4) is 5.75 Å². The van der Waals surface area contributed by atoms with Crippen molar-refractivity contribution in [2.45, 2.75) is 13.1 Å². The van der Waals surface area contributed by atoms with E-state index in [9.17, 15) is 4.79 Å². The fraction of sp³-hybridized carbons (Fsp3) is 0.130. The number of benzene rings is 3. The highest BCUT2D eigenvalue weighted by molar-refractivity contribution is 6.31. The number of amides is 1. The van der Waals surface area contributed by atoms with Gasteiger partial charge >= 0.3 is 0 Å². The number of carbonyl (C=O) groups is 1. The summed E-state index contributed by atoms with van der Waals surface area (Å²) in [5.41, 5.74) is 2.84. The van der Waals surface area contributed by atoms with Gasteiger partial charge in [0.25, 0.3) is 5.91 Å². The Labute approximate surface area is 184 Å². The van der Waals surface area contributed by atoms with Crippen molar-refractivity contribution >= 4 is 40.1 Å². The summed E-state index contributed by atoms with van der Waals surface area (Å²) in [7, 11) is 0. The number of nitrogens with one attached hydrogen (secondary N) is 1. The normalized spacial score (nSPS) is 10.9. The Hall–Kier alpha value is -3.02. The van der Waals surface area contributed by atoms with E-state index >= 15 is 0 Å². The molecule has 1 aromatic heterocycles. The van der Waals surface area contributed by atoms with Gasteiger partial charge in [-0.25, -0.2) is 4.98 Å². The molecule has 0 unspecified atom stereocenters. The lowest BCUT2D eigenvalue weighted by atomic mass is 10.2. The van der Waals surface area contributed by atoms with E-state index < -0.39 is 0 Å². The van der Waals surface area contributed by atoms with Gasteiger partial charge in [0.1, 0.15) is 11.6 Å². The third kappa shape index (κ3) is 4.75. The summed E-state index contributed by atoms with van der Waals surface area (Å²) in [4.78, 5) is 17.0. The Morgan fingerprint density at radius 3 is 2.50 bits per heavy atom. The third-order valence-electron chi connectivity index (χ3n) is 4.65. The zero-order chi connectivity index (χ0) is 20.9. The van der Waals surface area contributed by atoms with E-state index in [4.69, 9.17) is 27.9 Å². The summed E-state index contributed by atoms with van der Waals surface area (Å²) in [6, 6.07) is 22.4. The summed E-state index contributed by atoms with van der Waals surface area (Å²) in [5.74, 6) is 1.10. The molecule has 0 saturated carbocycles. The van der Waals surface area contributed by atoms with E-state index in [1.165, 1.54) is 0 Å². The van der Waals surface area contributed by atoms with Crippen LogP contribution in [0.3, 0.4) is 0 Å². The molecule has 0 bridgehead atoms. The van der Waals surface area contributed by atoms with Gasteiger partial charge < -0.3 is 14.6 Å². The minimum absolute atomic E-state index is 0.0909. The number of hydrogen-bond donors (Lipinski definition) is 1. The minimum Gasteiger partial charge on any atom is -0.484 e. The zero-order valence-corrected chi connectivity index (χ0v) is 17.5. The molecule has 3 aromatic carbocycles. The fourth-order valence-corrected chi connectivity index (χ4v) is 3.46. The molecule has 4 rings (SSSR count). The van der Waals surface area contributed by atoms with Crippen molar-refractivity contribution in [1.82, 2.24) is 14.9 Å². The Morgan fingerprint density at radius 1 is 0.967 bits per heavy atom. The van der Waals surface area contributed by atoms with Gasteiger partial charge in [-0.1, -0.05) is 53.5 Å². The first-order valence-corrected chi connectivity index (χ1v) is 10.2. The lowest BCUT2D eigenvalue weighted by Crippen LogP contribution is -2.29. The van der Waals surface area contributed by atoms with E-state index in [0.29, 0.717) is 22.3 Å². The van der Waals surface area contributed by atoms with Gasteiger partial charge in [-0.2, -0.15) is 0 Å². The number of ether oxygens (including phenoxy) is 1. The number of carbonyl (C=O) groups excluding carboxylic acids is 1. The van der Waals surface area contributed by atoms with Gasteiger partial charge in [0, 0.05) is 10.0 Å². The maximum atomic E-state index is 12.3. The van der Waals surface area contributed by atoms with Gasteiger partial charge in [0.15, 0.2) is 6.61 Å². The predicted octanol–water partition coefficient (Wildman–Crippen LogP) is 5.09. The van der Waals surface area contributed by atoms with Crippen LogP contribution in [0.2, 0.25) is 10.0 Å². The molecule has 0 fully saturated rings. The first-order chi connectivity index (χ1) is 14.6. The molecule has 0 aliphatic carbocycles. The molecule has 4 aromatic rings. The van der Waals surface area contributed by atoms with Crippen LogP contribution in [0.1, 0.15) is 11.4 Å². The Bertz CT molecular complexity index is 1170. The molecule has 7 heteroatoms. The number of hydrogen-bond acceptors (Lipinski definition) is 3. The molecule has 152 valence electrons. The van der Waals surface area contributed by atoms with Crippen LogP contribution in [0.5, 0.6) is 5.75 Å². The van der Waals surface area contributed by atoms with E-state index in [-0.39, 0.29) is 19.1 Å². The van der Waals surface area contributed by atoms with Crippen LogP contribution < -0.4 is 10.1 Å². The number of aromatic nitrogens is 2. The largest absolute Gasteiger partial charge is 0.484 e. The summed E-state index contributed by atoms with van der Waals surface area (Å²) < 4.78 is 7.56. The maximum absolute atomic E-state index is 12.3. The summed E-state index contributed by atoms with van der Waals surface area (Å²) in [6.45, 7) is 0.751. The number of rotatable bonds is 7. The molecule has 0 aliphatic rings. The van der Waals surface area contributed by atoms with Gasteiger partial charge in [-0.05, 0) is 48.0 Å². The number of nitrogens with zero attached hydrogens (tertiary/aromatic N) is 2. The molecule has 0 saturated heterocycles. The number of halogens is 2. The molecule has 0 spiro atoms. The average molecular weight is 440 g/mol. The smallest absolute Gasteiger partial charge is 0.258 e. The van der Waals surface area contributed by atoms with E-state index in [1.807, 2.05) is 48.5 Å². The Kier molecular flexibility index (Phi) is 6.21. The van der Waals surface area contributed by atoms with Crippen molar-refractivity contribution in [3.05, 3.63) is 94.2 Å². The van der Waals surface area contributed by atoms with Gasteiger partial charge in [0.2, 0.25) is 0 Å². The number of imidazole rings is 1. The van der Waals surface area contributed by atoms with Crippen LogP contribution in [0.25, 0.3) is 11.0 Å². The summed E-state index contributed by atoms with van der Waals surface area (Å²) in [5, 5.41) is 4.19. The SMILES string of the molecule is O=C(COc1ccc(Cl)cc1)NCc1nc2ccccc2n1Cc1ccccc1Cl. The lowest BCUT2D eigenvalue weighted by molar-refractivity contribution is -0.123. The molecule has 0 aliphatic heterocycles. The van der Waals surface area contributed by atoms with E-state index in [0.717, 1.165) is 22.4 Å². The van der Waals surface area contributed by atoms with Crippen LogP contribution in [-0.2, 0) is 17.9 Å². The molecule has 1 N–H and O–H groups in total. The maximum Gasteiger partial charge on any atom is 0.258 e. The highest BCUT2D eigenvalue weighted by Crippen LogP contribution is 2.22. The second kappa shape index (κ2) is 9.20. The second-order valence-corrected chi connectivity index (χ2v) is 7.56. The van der Waals surface area contributed by atoms with Crippen LogP contribution >= 0.6 is 23.2 Å². The quantitative estimate of drug-likeness (QED) is 0.436. The van der Waals surface area contributed by atoms with Gasteiger partial charge in [-0.3, -0.25) is 4.79 Å². The van der Waals surface area contributed by atoms with Crippen molar-refractivity contribution in [1.29, 1.82) is 0 Å². The van der Waals surface area contributed by atoms with Crippen LogP contribution in [0.4, 0.5) is 0 Å². The number of para-hydroxylation sites is 2. The third-order valence-corrected chi connectivity index (χ3v) is 5.27. The highest BCUT2D eigenvalue weighted by atomic mass is 35.5. The molecule has 1 amide bonds. The van der Waals surface area contributed by atoms with Crippen LogP contribution in [0, 0.1) is 0 Å². The molecule has 30 heavy (non-hydrogen) atoms. The zero-order valence-electron chi connectivity index (χ0n) is 16.0. The monoisotopic (exact) mass is 439 g/mol. The molecule has 0 atom stereocenters. The average Bonchev–Trinajstić information content (AvgIpc) is 3.11. The highest BCUT2D eigenvalue weighted by Gasteiger charge is 2.13. The van der Waals surface area contributed by atoms with Gasteiger partial charge in [-0.15, -0.1) is 0 Å². The summed E-state index contributed by atoms with van der Waals surface area (Å²) >= 11 is 12.2. The molecule has 1 heterocycles. The Morgan fingerprint density at radius 2 is 1.70 bits per heavy atom. The number of fused-ring (bicyclic) bond motifs is 1. The van der Waals surface area contributed by atoms with E-state index in [1.54, 1.807) is 24.3 Å². The van der Waals surface area contributed by atoms with Crippen molar-refractivity contribution in [2.75, 3.05) is 6.61 Å². The lowest BCUT2D eigenvalue weighted by Gasteiger charge is -2.12. The van der Waals surface area contributed by atoms with Crippen LogP contribution in [-0.4, -0.2) is 22.1 Å². The molecule has 0 radical (unpaired) electrons. The van der Waals surface area contributed by atoms with Gasteiger partial charge in [0.05, 0.1) is 24.1 Å². The minimum atomic E-state index is -0.235.